The van der Waals surface area contributed by atoms with E-state index in [2.05, 4.69) is 15.4 Å². The summed E-state index contributed by atoms with van der Waals surface area (Å²) in [6, 6.07) is 5.70. The van der Waals surface area contributed by atoms with Crippen molar-refractivity contribution in [1.82, 2.24) is 14.8 Å². The molecule has 7 heteroatoms. The van der Waals surface area contributed by atoms with E-state index in [4.69, 9.17) is 4.74 Å². The van der Waals surface area contributed by atoms with Crippen molar-refractivity contribution in [3.05, 3.63) is 36.2 Å². The van der Waals surface area contributed by atoms with Crippen LogP contribution in [0.1, 0.15) is 17.9 Å². The topological polar surface area (TPSA) is 69.0 Å². The van der Waals surface area contributed by atoms with E-state index in [0.717, 1.165) is 28.0 Å². The number of thiazole rings is 1. The summed E-state index contributed by atoms with van der Waals surface area (Å²) in [7, 11) is 3.52. The van der Waals surface area contributed by atoms with Crippen molar-refractivity contribution in [3.63, 3.8) is 0 Å². The third kappa shape index (κ3) is 2.68. The monoisotopic (exact) mass is 328 g/mol. The number of benzene rings is 1. The molecule has 6 nitrogen and oxygen atoms in total. The fourth-order valence-corrected chi connectivity index (χ4v) is 3.67. The number of nitrogens with one attached hydrogen (secondary N) is 1. The number of anilines is 1. The minimum absolute atomic E-state index is 0.0146. The van der Waals surface area contributed by atoms with Crippen molar-refractivity contribution in [2.45, 2.75) is 12.3 Å². The Kier molecular flexibility index (Phi) is 3.30. The Morgan fingerprint density at radius 2 is 2.35 bits per heavy atom. The lowest BCUT2D eigenvalue weighted by Gasteiger charge is -1.99. The molecule has 1 aromatic carbocycles. The van der Waals surface area contributed by atoms with Crippen molar-refractivity contribution < 1.29 is 9.53 Å². The zero-order valence-corrected chi connectivity index (χ0v) is 13.6. The third-order valence-electron chi connectivity index (χ3n) is 4.11. The molecule has 3 aromatic rings. The molecular formula is C16H16N4O2S. The van der Waals surface area contributed by atoms with E-state index in [1.54, 1.807) is 11.8 Å². The van der Waals surface area contributed by atoms with Gasteiger partial charge in [0, 0.05) is 19.2 Å². The standard InChI is InChI=1S/C16H16N4O2S/c1-20-8-9(7-17-20)11-6-12(11)15(21)19-16-18-13-4-3-10(22-2)5-14(13)23-16/h3-5,7-8,11-12H,6H2,1-2H3,(H,18,19,21)/t11-,12-/m0/s1. The largest absolute Gasteiger partial charge is 0.497 e. The van der Waals surface area contributed by atoms with Crippen LogP contribution < -0.4 is 10.1 Å². The maximum absolute atomic E-state index is 12.4. The molecule has 1 aliphatic rings. The number of nitrogens with zero attached hydrogens (tertiary/aromatic N) is 3. The van der Waals surface area contributed by atoms with Gasteiger partial charge < -0.3 is 10.1 Å². The average molecular weight is 328 g/mol. The smallest absolute Gasteiger partial charge is 0.229 e. The van der Waals surface area contributed by atoms with Gasteiger partial charge in [0.2, 0.25) is 5.91 Å². The highest BCUT2D eigenvalue weighted by atomic mass is 32.1. The van der Waals surface area contributed by atoms with Gasteiger partial charge in [0.05, 0.1) is 23.5 Å². The molecule has 0 radical (unpaired) electrons. The molecule has 0 bridgehead atoms. The second kappa shape index (κ2) is 5.34. The van der Waals surface area contributed by atoms with Gasteiger partial charge in [-0.2, -0.15) is 5.10 Å². The maximum atomic E-state index is 12.4. The first-order valence-corrected chi connectivity index (χ1v) is 8.19. The third-order valence-corrected chi connectivity index (χ3v) is 5.04. The quantitative estimate of drug-likeness (QED) is 0.799. The number of ether oxygens (including phenoxy) is 1. The number of methoxy groups -OCH3 is 1. The zero-order chi connectivity index (χ0) is 16.0. The fourth-order valence-electron chi connectivity index (χ4n) is 2.77. The summed E-state index contributed by atoms with van der Waals surface area (Å²) >= 11 is 1.46. The molecule has 2 atom stereocenters. The molecule has 0 aliphatic heterocycles. The number of hydrogen-bond acceptors (Lipinski definition) is 5. The van der Waals surface area contributed by atoms with Crippen molar-refractivity contribution in [3.8, 4) is 5.75 Å². The number of rotatable bonds is 4. The number of fused-ring (bicyclic) bond motifs is 1. The lowest BCUT2D eigenvalue weighted by molar-refractivity contribution is -0.117. The van der Waals surface area contributed by atoms with Gasteiger partial charge in [-0.05, 0) is 36.1 Å². The van der Waals surface area contributed by atoms with Gasteiger partial charge >= 0.3 is 0 Å². The van der Waals surface area contributed by atoms with Gasteiger partial charge in [-0.3, -0.25) is 9.48 Å². The highest BCUT2D eigenvalue weighted by Gasteiger charge is 2.44. The molecule has 2 heterocycles. The molecule has 1 aliphatic carbocycles. The number of aryl methyl sites for hydroxylation is 1. The minimum Gasteiger partial charge on any atom is -0.497 e. The van der Waals surface area contributed by atoms with Crippen LogP contribution in [0.3, 0.4) is 0 Å². The summed E-state index contributed by atoms with van der Waals surface area (Å²) in [5.41, 5.74) is 1.99. The number of carbonyl (C=O) groups excluding carboxylic acids is 1. The normalized spacial score (nSPS) is 19.7. The second-order valence-electron chi connectivity index (χ2n) is 5.74. The molecule has 0 unspecified atom stereocenters. The average Bonchev–Trinajstić information content (AvgIpc) is 3.07. The molecule has 118 valence electrons. The number of amides is 1. The van der Waals surface area contributed by atoms with E-state index in [0.29, 0.717) is 5.13 Å². The van der Waals surface area contributed by atoms with Crippen molar-refractivity contribution in [1.29, 1.82) is 0 Å². The molecule has 23 heavy (non-hydrogen) atoms. The second-order valence-corrected chi connectivity index (χ2v) is 6.77. The van der Waals surface area contributed by atoms with Crippen LogP contribution in [0.4, 0.5) is 5.13 Å². The van der Waals surface area contributed by atoms with Crippen LogP contribution in [0.25, 0.3) is 10.2 Å². The molecule has 4 rings (SSSR count). The van der Waals surface area contributed by atoms with Crippen LogP contribution in [0, 0.1) is 5.92 Å². The molecule has 2 aromatic heterocycles. The Hall–Kier alpha value is -2.41. The lowest BCUT2D eigenvalue weighted by Crippen LogP contribution is -2.14. The molecular weight excluding hydrogens is 312 g/mol. The summed E-state index contributed by atoms with van der Waals surface area (Å²) in [4.78, 5) is 16.8. The van der Waals surface area contributed by atoms with Gasteiger partial charge in [0.1, 0.15) is 5.75 Å². The Balaban J connectivity index is 1.47. The van der Waals surface area contributed by atoms with Crippen LogP contribution in [-0.2, 0) is 11.8 Å². The van der Waals surface area contributed by atoms with E-state index in [1.807, 2.05) is 37.6 Å². The molecule has 1 N–H and O–H groups in total. The maximum Gasteiger partial charge on any atom is 0.229 e. The predicted octanol–water partition coefficient (Wildman–Crippen LogP) is 2.78. The summed E-state index contributed by atoms with van der Waals surface area (Å²) in [5.74, 6) is 1.11. The lowest BCUT2D eigenvalue weighted by atomic mass is 10.2. The van der Waals surface area contributed by atoms with E-state index >= 15 is 0 Å². The summed E-state index contributed by atoms with van der Waals surface area (Å²) in [6.45, 7) is 0. The van der Waals surface area contributed by atoms with Crippen LogP contribution in [0.2, 0.25) is 0 Å². The summed E-state index contributed by atoms with van der Waals surface area (Å²) in [6.07, 6.45) is 4.68. The van der Waals surface area contributed by atoms with Crippen molar-refractivity contribution in [2.75, 3.05) is 12.4 Å². The van der Waals surface area contributed by atoms with Crippen molar-refractivity contribution >= 4 is 32.6 Å². The SMILES string of the molecule is COc1ccc2nc(NC(=O)[C@H]3C[C@H]3c3cnn(C)c3)sc2c1. The van der Waals surface area contributed by atoms with Crippen LogP contribution >= 0.6 is 11.3 Å². The Labute approximate surface area is 137 Å². The number of aromatic nitrogens is 3. The van der Waals surface area contributed by atoms with Crippen LogP contribution in [0.15, 0.2) is 30.6 Å². The predicted molar refractivity (Wildman–Crippen MR) is 88.9 cm³/mol. The first-order chi connectivity index (χ1) is 11.1. The number of hydrogen-bond donors (Lipinski definition) is 1. The Bertz CT molecular complexity index is 885. The van der Waals surface area contributed by atoms with E-state index in [-0.39, 0.29) is 17.7 Å². The highest BCUT2D eigenvalue weighted by Crippen LogP contribution is 2.48. The van der Waals surface area contributed by atoms with Gasteiger partial charge in [-0.1, -0.05) is 11.3 Å². The first kappa shape index (κ1) is 14.2. The van der Waals surface area contributed by atoms with Gasteiger partial charge in [0.15, 0.2) is 5.13 Å². The molecule has 1 fully saturated rings. The number of carbonyl (C=O) groups is 1. The van der Waals surface area contributed by atoms with Crippen LogP contribution in [0.5, 0.6) is 5.75 Å². The fraction of sp³-hybridized carbons (Fsp3) is 0.312. The highest BCUT2D eigenvalue weighted by molar-refractivity contribution is 7.22. The first-order valence-electron chi connectivity index (χ1n) is 7.38. The van der Waals surface area contributed by atoms with Crippen LogP contribution in [-0.4, -0.2) is 27.8 Å². The van der Waals surface area contributed by atoms with Gasteiger partial charge in [-0.15, -0.1) is 0 Å². The van der Waals surface area contributed by atoms with E-state index in [9.17, 15) is 4.79 Å². The van der Waals surface area contributed by atoms with E-state index in [1.165, 1.54) is 11.3 Å². The minimum atomic E-state index is 0.0146. The van der Waals surface area contributed by atoms with E-state index < -0.39 is 0 Å². The molecule has 1 saturated carbocycles. The summed E-state index contributed by atoms with van der Waals surface area (Å²) in [5, 5.41) is 7.74. The van der Waals surface area contributed by atoms with Gasteiger partial charge in [-0.25, -0.2) is 4.98 Å². The van der Waals surface area contributed by atoms with Gasteiger partial charge in [0.25, 0.3) is 0 Å². The molecule has 1 amide bonds. The summed E-state index contributed by atoms with van der Waals surface area (Å²) < 4.78 is 7.98. The molecule has 0 spiro atoms. The Morgan fingerprint density at radius 1 is 1.48 bits per heavy atom. The zero-order valence-electron chi connectivity index (χ0n) is 12.8. The van der Waals surface area contributed by atoms with Crippen molar-refractivity contribution in [2.24, 2.45) is 13.0 Å². The molecule has 0 saturated heterocycles. The Morgan fingerprint density at radius 3 is 3.09 bits per heavy atom.